The van der Waals surface area contributed by atoms with Crippen LogP contribution in [0.2, 0.25) is 0 Å². The van der Waals surface area contributed by atoms with Crippen molar-refractivity contribution in [1.82, 2.24) is 15.5 Å². The molecular formula is C21H36ClN3O2. The second kappa shape index (κ2) is 8.69. The molecule has 1 atom stereocenters. The molecule has 1 unspecified atom stereocenters. The van der Waals surface area contributed by atoms with Crippen molar-refractivity contribution in [1.29, 1.82) is 0 Å². The van der Waals surface area contributed by atoms with E-state index < -0.39 is 0 Å². The van der Waals surface area contributed by atoms with Crippen molar-refractivity contribution in [3.63, 3.8) is 0 Å². The van der Waals surface area contributed by atoms with Crippen LogP contribution in [0.4, 0.5) is 0 Å². The van der Waals surface area contributed by atoms with Crippen LogP contribution in [0.25, 0.3) is 0 Å². The van der Waals surface area contributed by atoms with E-state index in [1.807, 2.05) is 4.90 Å². The van der Waals surface area contributed by atoms with Gasteiger partial charge in [-0.1, -0.05) is 6.92 Å². The van der Waals surface area contributed by atoms with Crippen LogP contribution in [0.15, 0.2) is 0 Å². The van der Waals surface area contributed by atoms with Gasteiger partial charge in [-0.25, -0.2) is 0 Å². The number of carbonyl (C=O) groups is 2. The lowest BCUT2D eigenvalue weighted by Crippen LogP contribution is -2.57. The van der Waals surface area contributed by atoms with Gasteiger partial charge < -0.3 is 15.5 Å². The van der Waals surface area contributed by atoms with E-state index >= 15 is 0 Å². The Morgan fingerprint density at radius 2 is 1.63 bits per heavy atom. The summed E-state index contributed by atoms with van der Waals surface area (Å²) in [6.45, 7) is 5.34. The van der Waals surface area contributed by atoms with E-state index in [0.29, 0.717) is 12.5 Å². The van der Waals surface area contributed by atoms with Gasteiger partial charge in [-0.2, -0.15) is 0 Å². The molecule has 0 radical (unpaired) electrons. The standard InChI is InChI=1S/C21H35N3O2.ClH/c1-2-5-22-6-7-23-19(25)18-4-3-8-24(18)20(26)21-12-15-9-16(13-21)11-17(10-15)14-21;/h15-18,22H,2-14H2,1H3,(H,23,25);1H. The van der Waals surface area contributed by atoms with Gasteiger partial charge in [-0.15, -0.1) is 12.4 Å². The molecule has 0 aromatic carbocycles. The van der Waals surface area contributed by atoms with E-state index in [-0.39, 0.29) is 29.8 Å². The van der Waals surface area contributed by atoms with Crippen molar-refractivity contribution >= 4 is 24.2 Å². The quantitative estimate of drug-likeness (QED) is 0.649. The molecule has 1 saturated heterocycles. The van der Waals surface area contributed by atoms with Crippen molar-refractivity contribution in [2.45, 2.75) is 70.8 Å². The molecule has 0 aromatic heterocycles. The molecule has 5 nitrogen and oxygen atoms in total. The van der Waals surface area contributed by atoms with E-state index in [1.54, 1.807) is 0 Å². The number of carbonyl (C=O) groups excluding carboxylic acids is 2. The molecule has 0 spiro atoms. The van der Waals surface area contributed by atoms with Crippen LogP contribution in [0.1, 0.15) is 64.7 Å². The first-order valence-corrected chi connectivity index (χ1v) is 10.9. The van der Waals surface area contributed by atoms with Crippen molar-refractivity contribution in [3.05, 3.63) is 0 Å². The van der Waals surface area contributed by atoms with Crippen LogP contribution in [0.5, 0.6) is 0 Å². The lowest BCUT2D eigenvalue weighted by Gasteiger charge is -2.56. The monoisotopic (exact) mass is 397 g/mol. The van der Waals surface area contributed by atoms with E-state index in [2.05, 4.69) is 17.6 Å². The smallest absolute Gasteiger partial charge is 0.242 e. The van der Waals surface area contributed by atoms with E-state index in [4.69, 9.17) is 0 Å². The first-order valence-electron chi connectivity index (χ1n) is 10.9. The molecule has 5 aliphatic rings. The lowest BCUT2D eigenvalue weighted by atomic mass is 9.49. The Morgan fingerprint density at radius 3 is 2.22 bits per heavy atom. The summed E-state index contributed by atoms with van der Waals surface area (Å²) >= 11 is 0. The largest absolute Gasteiger partial charge is 0.353 e. The SMILES string of the molecule is CCCNCCNC(=O)C1CCCN1C(=O)C12CC3CC(CC(C3)C1)C2.Cl. The average Bonchev–Trinajstić information content (AvgIpc) is 3.09. The van der Waals surface area contributed by atoms with E-state index in [9.17, 15) is 9.59 Å². The summed E-state index contributed by atoms with van der Waals surface area (Å²) in [7, 11) is 0. The molecule has 4 saturated carbocycles. The minimum Gasteiger partial charge on any atom is -0.353 e. The van der Waals surface area contributed by atoms with Gasteiger partial charge in [0.15, 0.2) is 0 Å². The highest BCUT2D eigenvalue weighted by atomic mass is 35.5. The molecule has 1 heterocycles. The fraction of sp³-hybridized carbons (Fsp3) is 0.905. The summed E-state index contributed by atoms with van der Waals surface area (Å²) in [4.78, 5) is 28.2. The van der Waals surface area contributed by atoms with Crippen molar-refractivity contribution in [2.75, 3.05) is 26.2 Å². The van der Waals surface area contributed by atoms with E-state index in [1.165, 1.54) is 19.3 Å². The Bertz CT molecular complexity index is 518. The highest BCUT2D eigenvalue weighted by Crippen LogP contribution is 2.60. The summed E-state index contributed by atoms with van der Waals surface area (Å²) in [6, 6.07) is -0.235. The normalized spacial score (nSPS) is 36.6. The second-order valence-electron chi connectivity index (χ2n) is 9.40. The van der Waals surface area contributed by atoms with E-state index in [0.717, 1.165) is 75.9 Å². The summed E-state index contributed by atoms with van der Waals surface area (Å²) in [5, 5.41) is 6.36. The number of halogens is 1. The van der Waals surface area contributed by atoms with Crippen LogP contribution in [-0.2, 0) is 9.59 Å². The summed E-state index contributed by atoms with van der Waals surface area (Å²) < 4.78 is 0. The molecule has 4 aliphatic carbocycles. The number of likely N-dealkylation sites (tertiary alicyclic amines) is 1. The number of hydrogen-bond acceptors (Lipinski definition) is 3. The third kappa shape index (κ3) is 4.14. The maximum atomic E-state index is 13.6. The topological polar surface area (TPSA) is 61.4 Å². The Kier molecular flexibility index (Phi) is 6.73. The van der Waals surface area contributed by atoms with Gasteiger partial charge in [0.05, 0.1) is 5.41 Å². The molecule has 5 fully saturated rings. The molecular weight excluding hydrogens is 362 g/mol. The second-order valence-corrected chi connectivity index (χ2v) is 9.40. The maximum Gasteiger partial charge on any atom is 0.242 e. The molecule has 154 valence electrons. The highest BCUT2D eigenvalue weighted by Gasteiger charge is 2.56. The third-order valence-corrected chi connectivity index (χ3v) is 7.34. The zero-order chi connectivity index (χ0) is 18.1. The first kappa shape index (κ1) is 20.9. The Hall–Kier alpha value is -0.810. The molecule has 4 bridgehead atoms. The summed E-state index contributed by atoms with van der Waals surface area (Å²) in [5.41, 5.74) is -0.125. The molecule has 6 heteroatoms. The third-order valence-electron chi connectivity index (χ3n) is 7.34. The van der Waals surface area contributed by atoms with Gasteiger partial charge in [-0.3, -0.25) is 9.59 Å². The van der Waals surface area contributed by atoms with Crippen molar-refractivity contribution in [3.8, 4) is 0 Å². The average molecular weight is 398 g/mol. The van der Waals surface area contributed by atoms with Gasteiger partial charge in [0, 0.05) is 19.6 Å². The Balaban J connectivity index is 0.00000210. The van der Waals surface area contributed by atoms with Gasteiger partial charge in [0.1, 0.15) is 6.04 Å². The molecule has 2 amide bonds. The van der Waals surface area contributed by atoms with Gasteiger partial charge in [0.25, 0.3) is 0 Å². The van der Waals surface area contributed by atoms with Crippen LogP contribution in [0, 0.1) is 23.2 Å². The molecule has 1 aliphatic heterocycles. The van der Waals surface area contributed by atoms with Crippen LogP contribution in [-0.4, -0.2) is 48.9 Å². The molecule has 5 rings (SSSR count). The first-order chi connectivity index (χ1) is 12.6. The Labute approximate surface area is 169 Å². The Morgan fingerprint density at radius 1 is 1.00 bits per heavy atom. The van der Waals surface area contributed by atoms with Crippen LogP contribution in [0.3, 0.4) is 0 Å². The molecule has 0 aromatic rings. The van der Waals surface area contributed by atoms with Crippen molar-refractivity contribution in [2.24, 2.45) is 23.2 Å². The maximum absolute atomic E-state index is 13.6. The number of amides is 2. The van der Waals surface area contributed by atoms with Gasteiger partial charge >= 0.3 is 0 Å². The minimum atomic E-state index is -0.235. The number of nitrogens with zero attached hydrogens (tertiary/aromatic N) is 1. The predicted molar refractivity (Wildman–Crippen MR) is 109 cm³/mol. The lowest BCUT2D eigenvalue weighted by molar-refractivity contribution is -0.160. The molecule has 27 heavy (non-hydrogen) atoms. The number of rotatable bonds is 7. The zero-order valence-electron chi connectivity index (χ0n) is 16.7. The minimum absolute atomic E-state index is 0. The summed E-state index contributed by atoms with van der Waals surface area (Å²) in [6.07, 6.45) is 10.2. The van der Waals surface area contributed by atoms with Crippen molar-refractivity contribution < 1.29 is 9.59 Å². The van der Waals surface area contributed by atoms with Crippen LogP contribution >= 0.6 is 12.4 Å². The highest BCUT2D eigenvalue weighted by molar-refractivity contribution is 5.91. The van der Waals surface area contributed by atoms with Crippen LogP contribution < -0.4 is 10.6 Å². The van der Waals surface area contributed by atoms with Gasteiger partial charge in [0.2, 0.25) is 11.8 Å². The predicted octanol–water partition coefficient (Wildman–Crippen LogP) is 2.73. The molecule has 2 N–H and O–H groups in total. The fourth-order valence-electron chi connectivity index (χ4n) is 6.65. The van der Waals surface area contributed by atoms with Gasteiger partial charge in [-0.05, 0) is 82.1 Å². The number of nitrogens with one attached hydrogen (secondary N) is 2. The summed E-state index contributed by atoms with van der Waals surface area (Å²) in [5.74, 6) is 2.68. The fourth-order valence-corrected chi connectivity index (χ4v) is 6.65. The zero-order valence-corrected chi connectivity index (χ0v) is 17.5. The number of hydrogen-bond donors (Lipinski definition) is 2.